The highest BCUT2D eigenvalue weighted by Gasteiger charge is 2.10. The molecule has 0 N–H and O–H groups in total. The zero-order valence-corrected chi connectivity index (χ0v) is 17.1. The molecule has 0 amide bonds. The topological polar surface area (TPSA) is 52.1 Å². The molecule has 0 saturated carbocycles. The lowest BCUT2D eigenvalue weighted by atomic mass is 10.1. The summed E-state index contributed by atoms with van der Waals surface area (Å²) in [6.45, 7) is 0. The van der Waals surface area contributed by atoms with Crippen molar-refractivity contribution in [2.45, 2.75) is 14.4 Å². The summed E-state index contributed by atoms with van der Waals surface area (Å²) >= 11 is 10.4. The first-order chi connectivity index (χ1) is 12.6. The Kier molecular flexibility index (Phi) is 6.96. The van der Waals surface area contributed by atoms with Gasteiger partial charge in [0.05, 0.1) is 12.9 Å². The number of hydrogen-bond donors (Lipinski definition) is 0. The number of nitrogens with zero attached hydrogens (tertiary/aromatic N) is 2. The van der Waals surface area contributed by atoms with Crippen LogP contribution in [-0.2, 0) is 5.75 Å². The van der Waals surface area contributed by atoms with E-state index >= 15 is 0 Å². The van der Waals surface area contributed by atoms with Crippen LogP contribution in [0.2, 0.25) is 5.02 Å². The van der Waals surface area contributed by atoms with E-state index in [1.54, 1.807) is 43.1 Å². The van der Waals surface area contributed by atoms with Gasteiger partial charge in [-0.2, -0.15) is 0 Å². The Labute approximate surface area is 169 Å². The van der Waals surface area contributed by atoms with Gasteiger partial charge in [0.2, 0.25) is 0 Å². The van der Waals surface area contributed by atoms with E-state index in [0.29, 0.717) is 16.3 Å². The van der Waals surface area contributed by atoms with Crippen molar-refractivity contribution in [1.82, 2.24) is 10.2 Å². The summed E-state index contributed by atoms with van der Waals surface area (Å²) in [7, 11) is 1.65. The predicted molar refractivity (Wildman–Crippen MR) is 109 cm³/mol. The van der Waals surface area contributed by atoms with Crippen molar-refractivity contribution in [3.8, 4) is 5.75 Å². The second-order valence-corrected chi connectivity index (χ2v) is 9.05. The average Bonchev–Trinajstić information content (AvgIpc) is 3.13. The molecule has 3 aromatic rings. The number of Topliss-reactive ketones (excluding diaryl/α,β-unsaturated/α-hetero) is 1. The van der Waals surface area contributed by atoms with Crippen LogP contribution in [0.5, 0.6) is 5.75 Å². The van der Waals surface area contributed by atoms with Crippen molar-refractivity contribution < 1.29 is 9.53 Å². The van der Waals surface area contributed by atoms with Crippen LogP contribution in [0.1, 0.15) is 15.9 Å². The second-order valence-electron chi connectivity index (χ2n) is 5.19. The maximum absolute atomic E-state index is 12.2. The van der Waals surface area contributed by atoms with Crippen LogP contribution < -0.4 is 4.74 Å². The van der Waals surface area contributed by atoms with E-state index in [0.717, 1.165) is 20.2 Å². The number of ketones is 1. The van der Waals surface area contributed by atoms with Crippen LogP contribution in [0.15, 0.2) is 57.2 Å². The molecule has 0 radical (unpaired) electrons. The van der Waals surface area contributed by atoms with Crippen LogP contribution in [0.3, 0.4) is 0 Å². The van der Waals surface area contributed by atoms with Crippen LogP contribution in [-0.4, -0.2) is 28.8 Å². The Morgan fingerprint density at radius 1 is 1.04 bits per heavy atom. The summed E-state index contributed by atoms with van der Waals surface area (Å²) in [5.41, 5.74) is 1.85. The summed E-state index contributed by atoms with van der Waals surface area (Å²) < 4.78 is 6.84. The van der Waals surface area contributed by atoms with E-state index in [1.165, 1.54) is 28.7 Å². The minimum Gasteiger partial charge on any atom is -0.497 e. The molecule has 1 heterocycles. The lowest BCUT2D eigenvalue weighted by Gasteiger charge is -2.01. The molecule has 8 heteroatoms. The molecule has 0 atom stereocenters. The number of carbonyl (C=O) groups excluding carboxylic acids is 1. The van der Waals surface area contributed by atoms with Gasteiger partial charge in [0, 0.05) is 16.3 Å². The van der Waals surface area contributed by atoms with E-state index < -0.39 is 0 Å². The van der Waals surface area contributed by atoms with Crippen LogP contribution in [0.25, 0.3) is 0 Å². The van der Waals surface area contributed by atoms with Gasteiger partial charge in [0.1, 0.15) is 5.75 Å². The summed E-state index contributed by atoms with van der Waals surface area (Å²) in [6, 6.07) is 14.9. The van der Waals surface area contributed by atoms with Gasteiger partial charge < -0.3 is 4.74 Å². The molecule has 0 spiro atoms. The lowest BCUT2D eigenvalue weighted by molar-refractivity contribution is 0.102. The van der Waals surface area contributed by atoms with Crippen LogP contribution >= 0.6 is 46.5 Å². The molecule has 0 saturated heterocycles. The third-order valence-corrected chi connectivity index (χ3v) is 6.92. The van der Waals surface area contributed by atoms with Gasteiger partial charge in [-0.1, -0.05) is 58.6 Å². The number of benzene rings is 2. The molecule has 0 aliphatic heterocycles. The Bertz CT molecular complexity index is 867. The summed E-state index contributed by atoms with van der Waals surface area (Å²) in [5.74, 6) is 2.04. The van der Waals surface area contributed by atoms with E-state index in [4.69, 9.17) is 16.3 Å². The summed E-state index contributed by atoms with van der Waals surface area (Å²) in [6.07, 6.45) is 0. The van der Waals surface area contributed by atoms with Crippen molar-refractivity contribution >= 4 is 52.2 Å². The largest absolute Gasteiger partial charge is 0.497 e. The van der Waals surface area contributed by atoms with Gasteiger partial charge in [-0.3, -0.25) is 4.79 Å². The fraction of sp³-hybridized carbons (Fsp3) is 0.167. The van der Waals surface area contributed by atoms with Gasteiger partial charge in [-0.05, 0) is 42.0 Å². The molecule has 0 unspecified atom stereocenters. The maximum Gasteiger partial charge on any atom is 0.175 e. The van der Waals surface area contributed by atoms with Crippen molar-refractivity contribution in [1.29, 1.82) is 0 Å². The Balaban J connectivity index is 1.49. The smallest absolute Gasteiger partial charge is 0.175 e. The maximum atomic E-state index is 12.2. The molecule has 0 fully saturated rings. The number of aromatic nitrogens is 2. The van der Waals surface area contributed by atoms with E-state index in [2.05, 4.69) is 10.2 Å². The van der Waals surface area contributed by atoms with Gasteiger partial charge in [0.15, 0.2) is 14.5 Å². The molecule has 3 rings (SSSR count). The van der Waals surface area contributed by atoms with E-state index in [9.17, 15) is 4.79 Å². The second kappa shape index (κ2) is 9.41. The minimum atomic E-state index is 0.0503. The number of methoxy groups -OCH3 is 1. The molecule has 0 bridgehead atoms. The summed E-state index contributed by atoms with van der Waals surface area (Å²) in [4.78, 5) is 12.2. The molecule has 1 aromatic heterocycles. The zero-order chi connectivity index (χ0) is 18.4. The predicted octanol–water partition coefficient (Wildman–Crippen LogP) is 5.47. The highest BCUT2D eigenvalue weighted by molar-refractivity contribution is 8.03. The third-order valence-electron chi connectivity index (χ3n) is 3.40. The number of rotatable bonds is 8. The fourth-order valence-electron chi connectivity index (χ4n) is 2.03. The first-order valence-corrected chi connectivity index (χ1v) is 10.8. The van der Waals surface area contributed by atoms with Crippen molar-refractivity contribution in [3.05, 3.63) is 64.7 Å². The van der Waals surface area contributed by atoms with Gasteiger partial charge >= 0.3 is 0 Å². The minimum absolute atomic E-state index is 0.0503. The first-order valence-electron chi connectivity index (χ1n) is 7.65. The van der Waals surface area contributed by atoms with Gasteiger partial charge in [-0.25, -0.2) is 0 Å². The lowest BCUT2D eigenvalue weighted by Crippen LogP contribution is -2.01. The number of hydrogen-bond acceptors (Lipinski definition) is 7. The standard InChI is InChI=1S/C18H15ClN2O2S3/c1-23-15-8-2-12(3-9-15)10-24-17-20-21-18(26-17)25-11-16(22)13-4-6-14(19)7-5-13/h2-9H,10-11H2,1H3. The first kappa shape index (κ1) is 19.2. The quantitative estimate of drug-likeness (QED) is 0.354. The van der Waals surface area contributed by atoms with Gasteiger partial charge in [0.25, 0.3) is 0 Å². The number of halogens is 1. The average molecular weight is 423 g/mol. The Morgan fingerprint density at radius 2 is 1.69 bits per heavy atom. The Hall–Kier alpha value is -1.54. The number of thioether (sulfide) groups is 2. The van der Waals surface area contributed by atoms with Crippen LogP contribution in [0, 0.1) is 0 Å². The molecular formula is C18H15ClN2O2S3. The number of carbonyl (C=O) groups is 1. The Morgan fingerprint density at radius 3 is 2.35 bits per heavy atom. The molecule has 0 aliphatic rings. The molecule has 4 nitrogen and oxygen atoms in total. The van der Waals surface area contributed by atoms with Crippen LogP contribution in [0.4, 0.5) is 0 Å². The normalized spacial score (nSPS) is 10.7. The molecular weight excluding hydrogens is 408 g/mol. The molecule has 134 valence electrons. The third kappa shape index (κ3) is 5.48. The van der Waals surface area contributed by atoms with Crippen molar-refractivity contribution in [2.75, 3.05) is 12.9 Å². The van der Waals surface area contributed by atoms with Crippen molar-refractivity contribution in [3.63, 3.8) is 0 Å². The van der Waals surface area contributed by atoms with Gasteiger partial charge in [-0.15, -0.1) is 10.2 Å². The van der Waals surface area contributed by atoms with E-state index in [1.807, 2.05) is 24.3 Å². The SMILES string of the molecule is COc1ccc(CSc2nnc(SCC(=O)c3ccc(Cl)cc3)s2)cc1. The molecule has 26 heavy (non-hydrogen) atoms. The zero-order valence-electron chi connectivity index (χ0n) is 13.8. The number of ether oxygens (including phenoxy) is 1. The summed E-state index contributed by atoms with van der Waals surface area (Å²) in [5, 5.41) is 8.96. The highest BCUT2D eigenvalue weighted by atomic mass is 35.5. The highest BCUT2D eigenvalue weighted by Crippen LogP contribution is 2.31. The monoisotopic (exact) mass is 422 g/mol. The molecule has 2 aromatic carbocycles. The fourth-order valence-corrected chi connectivity index (χ4v) is 5.02. The molecule has 0 aliphatic carbocycles. The van der Waals surface area contributed by atoms with Crippen molar-refractivity contribution in [2.24, 2.45) is 0 Å². The van der Waals surface area contributed by atoms with E-state index in [-0.39, 0.29) is 5.78 Å².